The summed E-state index contributed by atoms with van der Waals surface area (Å²) in [5.74, 6) is 0.131. The number of amides is 1. The molecule has 0 bridgehead atoms. The maximum atomic E-state index is 11.9. The van der Waals surface area contributed by atoms with E-state index in [2.05, 4.69) is 29.7 Å². The third kappa shape index (κ3) is 4.31. The first-order valence-electron chi connectivity index (χ1n) is 6.32. The smallest absolute Gasteiger partial charge is 0.237 e. The van der Waals surface area contributed by atoms with Crippen LogP contribution in [0.5, 0.6) is 0 Å². The molecule has 1 fully saturated rings. The van der Waals surface area contributed by atoms with E-state index in [0.29, 0.717) is 6.54 Å². The van der Waals surface area contributed by atoms with Crippen LogP contribution in [-0.2, 0) is 11.3 Å². The second-order valence-electron chi connectivity index (χ2n) is 4.71. The van der Waals surface area contributed by atoms with E-state index in [4.69, 9.17) is 0 Å². The first kappa shape index (κ1) is 15.0. The molecule has 1 aliphatic heterocycles. The molecule has 1 unspecified atom stereocenters. The van der Waals surface area contributed by atoms with Gasteiger partial charge in [-0.3, -0.25) is 4.79 Å². The molecule has 1 amide bonds. The standard InChI is InChI=1S/C14H20N2O.ClH/c1-11-5-4-6-12(9-11)10-16-14(17)13-7-2-3-8-15-13;/h4-6,9,13,15H,2-3,7-8,10H2,1H3,(H,16,17);1H. The predicted octanol–water partition coefficient (Wildman–Crippen LogP) is 2.18. The Morgan fingerprint density at radius 2 is 2.28 bits per heavy atom. The Kier molecular flexibility index (Phi) is 6.16. The second kappa shape index (κ2) is 7.39. The number of piperidine rings is 1. The third-order valence-electron chi connectivity index (χ3n) is 3.18. The molecule has 0 aliphatic carbocycles. The van der Waals surface area contributed by atoms with Gasteiger partial charge in [0.1, 0.15) is 0 Å². The van der Waals surface area contributed by atoms with E-state index in [-0.39, 0.29) is 24.4 Å². The SMILES string of the molecule is Cc1cccc(CNC(=O)C2CCCCN2)c1.Cl. The van der Waals surface area contributed by atoms with E-state index in [1.54, 1.807) is 0 Å². The number of carbonyl (C=O) groups is 1. The van der Waals surface area contributed by atoms with E-state index in [0.717, 1.165) is 24.9 Å². The lowest BCUT2D eigenvalue weighted by Crippen LogP contribution is -2.46. The molecule has 1 aliphatic rings. The van der Waals surface area contributed by atoms with Gasteiger partial charge in [-0.15, -0.1) is 12.4 Å². The molecule has 100 valence electrons. The molecule has 18 heavy (non-hydrogen) atoms. The highest BCUT2D eigenvalue weighted by Crippen LogP contribution is 2.08. The molecule has 1 heterocycles. The van der Waals surface area contributed by atoms with Gasteiger partial charge in [0.15, 0.2) is 0 Å². The number of carbonyl (C=O) groups excluding carboxylic acids is 1. The molecule has 1 saturated heterocycles. The van der Waals surface area contributed by atoms with Gasteiger partial charge in [0.05, 0.1) is 6.04 Å². The van der Waals surface area contributed by atoms with Crippen molar-refractivity contribution in [1.82, 2.24) is 10.6 Å². The zero-order chi connectivity index (χ0) is 12.1. The minimum Gasteiger partial charge on any atom is -0.351 e. The van der Waals surface area contributed by atoms with Crippen molar-refractivity contribution in [3.8, 4) is 0 Å². The van der Waals surface area contributed by atoms with Crippen LogP contribution in [0.15, 0.2) is 24.3 Å². The minimum atomic E-state index is 0. The summed E-state index contributed by atoms with van der Waals surface area (Å²) in [7, 11) is 0. The van der Waals surface area contributed by atoms with Crippen molar-refractivity contribution in [2.75, 3.05) is 6.54 Å². The first-order valence-corrected chi connectivity index (χ1v) is 6.32. The lowest BCUT2D eigenvalue weighted by atomic mass is 10.0. The highest BCUT2D eigenvalue weighted by atomic mass is 35.5. The number of benzene rings is 1. The molecule has 0 spiro atoms. The van der Waals surface area contributed by atoms with Gasteiger partial charge < -0.3 is 10.6 Å². The van der Waals surface area contributed by atoms with Crippen molar-refractivity contribution < 1.29 is 4.79 Å². The normalized spacial score (nSPS) is 18.8. The molecular formula is C14H21ClN2O. The van der Waals surface area contributed by atoms with Crippen LogP contribution in [0.2, 0.25) is 0 Å². The molecule has 1 aromatic rings. The molecule has 0 saturated carbocycles. The molecule has 0 radical (unpaired) electrons. The van der Waals surface area contributed by atoms with Gasteiger partial charge >= 0.3 is 0 Å². The Morgan fingerprint density at radius 1 is 1.44 bits per heavy atom. The predicted molar refractivity (Wildman–Crippen MR) is 75.9 cm³/mol. The molecule has 1 atom stereocenters. The van der Waals surface area contributed by atoms with Crippen molar-refractivity contribution >= 4 is 18.3 Å². The van der Waals surface area contributed by atoms with Gasteiger partial charge in [-0.25, -0.2) is 0 Å². The van der Waals surface area contributed by atoms with Crippen LogP contribution in [0.4, 0.5) is 0 Å². The molecule has 2 rings (SSSR count). The maximum absolute atomic E-state index is 11.9. The average molecular weight is 269 g/mol. The van der Waals surface area contributed by atoms with Crippen LogP contribution >= 0.6 is 12.4 Å². The number of hydrogen-bond acceptors (Lipinski definition) is 2. The maximum Gasteiger partial charge on any atom is 0.237 e. The van der Waals surface area contributed by atoms with Gasteiger partial charge in [0, 0.05) is 6.54 Å². The van der Waals surface area contributed by atoms with Crippen LogP contribution in [0.25, 0.3) is 0 Å². The van der Waals surface area contributed by atoms with Gasteiger partial charge in [0.25, 0.3) is 0 Å². The lowest BCUT2D eigenvalue weighted by Gasteiger charge is -2.22. The largest absolute Gasteiger partial charge is 0.351 e. The van der Waals surface area contributed by atoms with E-state index in [1.807, 2.05) is 12.1 Å². The van der Waals surface area contributed by atoms with Gasteiger partial charge in [-0.1, -0.05) is 36.2 Å². The van der Waals surface area contributed by atoms with E-state index < -0.39 is 0 Å². The summed E-state index contributed by atoms with van der Waals surface area (Å²) in [5, 5.41) is 6.25. The van der Waals surface area contributed by atoms with Crippen LogP contribution in [0.1, 0.15) is 30.4 Å². The van der Waals surface area contributed by atoms with Gasteiger partial charge in [0.2, 0.25) is 5.91 Å². The highest BCUT2D eigenvalue weighted by molar-refractivity contribution is 5.85. The quantitative estimate of drug-likeness (QED) is 0.882. The van der Waals surface area contributed by atoms with Crippen molar-refractivity contribution in [2.45, 2.75) is 38.8 Å². The lowest BCUT2D eigenvalue weighted by molar-refractivity contribution is -0.123. The second-order valence-corrected chi connectivity index (χ2v) is 4.71. The summed E-state index contributed by atoms with van der Waals surface area (Å²) < 4.78 is 0. The monoisotopic (exact) mass is 268 g/mol. The molecule has 2 N–H and O–H groups in total. The summed E-state index contributed by atoms with van der Waals surface area (Å²) in [5.41, 5.74) is 2.39. The van der Waals surface area contributed by atoms with Crippen LogP contribution < -0.4 is 10.6 Å². The number of halogens is 1. The van der Waals surface area contributed by atoms with E-state index >= 15 is 0 Å². The summed E-state index contributed by atoms with van der Waals surface area (Å²) in [6.07, 6.45) is 3.29. The summed E-state index contributed by atoms with van der Waals surface area (Å²) >= 11 is 0. The number of hydrogen-bond donors (Lipinski definition) is 2. The minimum absolute atomic E-state index is 0. The van der Waals surface area contributed by atoms with Crippen LogP contribution in [0, 0.1) is 6.92 Å². The zero-order valence-electron chi connectivity index (χ0n) is 10.7. The molecule has 1 aromatic carbocycles. The highest BCUT2D eigenvalue weighted by Gasteiger charge is 2.19. The zero-order valence-corrected chi connectivity index (χ0v) is 11.6. The Balaban J connectivity index is 0.00000162. The Bertz CT molecular complexity index is 389. The molecule has 3 nitrogen and oxygen atoms in total. The topological polar surface area (TPSA) is 41.1 Å². The Morgan fingerprint density at radius 3 is 2.94 bits per heavy atom. The third-order valence-corrected chi connectivity index (χ3v) is 3.18. The van der Waals surface area contributed by atoms with E-state index in [1.165, 1.54) is 12.0 Å². The summed E-state index contributed by atoms with van der Waals surface area (Å²) in [4.78, 5) is 11.9. The number of rotatable bonds is 3. The summed E-state index contributed by atoms with van der Waals surface area (Å²) in [6, 6.07) is 8.24. The Hall–Kier alpha value is -1.06. The van der Waals surface area contributed by atoms with Gasteiger partial charge in [-0.2, -0.15) is 0 Å². The number of aryl methyl sites for hydroxylation is 1. The molecule has 0 aromatic heterocycles. The van der Waals surface area contributed by atoms with Crippen molar-refractivity contribution in [2.24, 2.45) is 0 Å². The average Bonchev–Trinajstić information content (AvgIpc) is 2.37. The van der Waals surface area contributed by atoms with Gasteiger partial charge in [-0.05, 0) is 31.9 Å². The van der Waals surface area contributed by atoms with E-state index in [9.17, 15) is 4.79 Å². The van der Waals surface area contributed by atoms with Crippen molar-refractivity contribution in [1.29, 1.82) is 0 Å². The van der Waals surface area contributed by atoms with Crippen molar-refractivity contribution in [3.63, 3.8) is 0 Å². The fourth-order valence-corrected chi connectivity index (χ4v) is 2.21. The molecular weight excluding hydrogens is 248 g/mol. The van der Waals surface area contributed by atoms with Crippen LogP contribution in [-0.4, -0.2) is 18.5 Å². The first-order chi connectivity index (χ1) is 8.25. The van der Waals surface area contributed by atoms with Crippen LogP contribution in [0.3, 0.4) is 0 Å². The fraction of sp³-hybridized carbons (Fsp3) is 0.500. The number of nitrogens with one attached hydrogen (secondary N) is 2. The fourth-order valence-electron chi connectivity index (χ4n) is 2.21. The summed E-state index contributed by atoms with van der Waals surface area (Å²) in [6.45, 7) is 3.65. The molecule has 4 heteroatoms. The Labute approximate surface area is 115 Å². The van der Waals surface area contributed by atoms with Crippen molar-refractivity contribution in [3.05, 3.63) is 35.4 Å².